The monoisotopic (exact) mass is 280 g/mol. The summed E-state index contributed by atoms with van der Waals surface area (Å²) in [6.07, 6.45) is -0.586. The van der Waals surface area contributed by atoms with Crippen molar-refractivity contribution in [3.8, 4) is 0 Å². The Bertz CT molecular complexity index is 389. The van der Waals surface area contributed by atoms with Gasteiger partial charge in [-0.3, -0.25) is 0 Å². The van der Waals surface area contributed by atoms with E-state index in [0.717, 1.165) is 37.2 Å². The highest BCUT2D eigenvalue weighted by Gasteiger charge is 2.37. The first kappa shape index (κ1) is 13.5. The van der Waals surface area contributed by atoms with Crippen molar-refractivity contribution >= 4 is 16.7 Å². The standard InChI is InChI=1S/C10H15F3N4S/c11-10(12,13)8-15-9(18-16-8)17(6-2-5-14)7-3-1-4-7/h7H,1-6,14H2. The van der Waals surface area contributed by atoms with Crippen LogP contribution in [0.5, 0.6) is 0 Å². The molecule has 1 aliphatic carbocycles. The van der Waals surface area contributed by atoms with Gasteiger partial charge in [-0.1, -0.05) is 0 Å². The summed E-state index contributed by atoms with van der Waals surface area (Å²) in [5.41, 5.74) is 5.45. The molecule has 0 bridgehead atoms. The van der Waals surface area contributed by atoms with Crippen LogP contribution in [0.2, 0.25) is 0 Å². The van der Waals surface area contributed by atoms with Gasteiger partial charge in [-0.2, -0.15) is 22.5 Å². The second kappa shape index (κ2) is 5.40. The molecule has 0 radical (unpaired) electrons. The molecule has 4 nitrogen and oxygen atoms in total. The first-order valence-corrected chi connectivity index (χ1v) is 6.67. The maximum Gasteiger partial charge on any atom is 0.452 e. The number of rotatable bonds is 5. The third kappa shape index (κ3) is 2.92. The van der Waals surface area contributed by atoms with Gasteiger partial charge in [0.1, 0.15) is 0 Å². The van der Waals surface area contributed by atoms with Gasteiger partial charge in [0.25, 0.3) is 0 Å². The van der Waals surface area contributed by atoms with Crippen LogP contribution >= 0.6 is 11.5 Å². The van der Waals surface area contributed by atoms with Gasteiger partial charge in [-0.15, -0.1) is 0 Å². The Morgan fingerprint density at radius 3 is 2.56 bits per heavy atom. The lowest BCUT2D eigenvalue weighted by Gasteiger charge is -2.37. The first-order chi connectivity index (χ1) is 8.52. The molecule has 0 amide bonds. The Hall–Kier alpha value is -0.890. The quantitative estimate of drug-likeness (QED) is 0.899. The van der Waals surface area contributed by atoms with Crippen LogP contribution in [0.15, 0.2) is 0 Å². The van der Waals surface area contributed by atoms with E-state index < -0.39 is 12.0 Å². The van der Waals surface area contributed by atoms with E-state index in [0.29, 0.717) is 24.3 Å². The predicted octanol–water partition coefficient (Wildman–Crippen LogP) is 2.26. The minimum Gasteiger partial charge on any atom is -0.344 e. The van der Waals surface area contributed by atoms with E-state index >= 15 is 0 Å². The van der Waals surface area contributed by atoms with Crippen molar-refractivity contribution in [1.29, 1.82) is 0 Å². The maximum atomic E-state index is 12.5. The molecule has 0 saturated heterocycles. The molecule has 0 spiro atoms. The van der Waals surface area contributed by atoms with Crippen molar-refractivity contribution in [2.45, 2.75) is 37.9 Å². The number of alkyl halides is 3. The second-order valence-corrected chi connectivity index (χ2v) is 5.05. The molecular formula is C10H15F3N4S. The highest BCUT2D eigenvalue weighted by Crippen LogP contribution is 2.34. The summed E-state index contributed by atoms with van der Waals surface area (Å²) in [4.78, 5) is 5.53. The molecule has 0 unspecified atom stereocenters. The largest absolute Gasteiger partial charge is 0.452 e. The number of nitrogens with zero attached hydrogens (tertiary/aromatic N) is 3. The van der Waals surface area contributed by atoms with Crippen LogP contribution in [0.4, 0.5) is 18.3 Å². The Kier molecular flexibility index (Phi) is 4.06. The predicted molar refractivity (Wildman–Crippen MR) is 63.6 cm³/mol. The highest BCUT2D eigenvalue weighted by molar-refractivity contribution is 7.09. The number of halogens is 3. The zero-order valence-corrected chi connectivity index (χ0v) is 10.6. The molecule has 0 atom stereocenters. The van der Waals surface area contributed by atoms with E-state index in [1.165, 1.54) is 0 Å². The summed E-state index contributed by atoms with van der Waals surface area (Å²) in [6.45, 7) is 1.17. The van der Waals surface area contributed by atoms with Crippen LogP contribution in [-0.4, -0.2) is 28.5 Å². The molecule has 1 aromatic heterocycles. The molecule has 1 heterocycles. The first-order valence-electron chi connectivity index (χ1n) is 5.90. The van der Waals surface area contributed by atoms with E-state index in [1.807, 2.05) is 4.90 Å². The highest BCUT2D eigenvalue weighted by atomic mass is 32.1. The van der Waals surface area contributed by atoms with Gasteiger partial charge < -0.3 is 10.6 Å². The molecule has 102 valence electrons. The van der Waals surface area contributed by atoms with Gasteiger partial charge in [-0.05, 0) is 32.2 Å². The number of hydrogen-bond acceptors (Lipinski definition) is 5. The summed E-state index contributed by atoms with van der Waals surface area (Å²) >= 11 is 0.817. The topological polar surface area (TPSA) is 55.0 Å². The van der Waals surface area contributed by atoms with Crippen molar-refractivity contribution in [3.63, 3.8) is 0 Å². The normalized spacial score (nSPS) is 16.7. The van der Waals surface area contributed by atoms with Gasteiger partial charge in [-0.25, -0.2) is 0 Å². The second-order valence-electron chi connectivity index (χ2n) is 4.32. The van der Waals surface area contributed by atoms with Crippen molar-refractivity contribution in [3.05, 3.63) is 5.82 Å². The van der Waals surface area contributed by atoms with Crippen LogP contribution in [0.3, 0.4) is 0 Å². The van der Waals surface area contributed by atoms with Crippen LogP contribution in [0.25, 0.3) is 0 Å². The van der Waals surface area contributed by atoms with Crippen molar-refractivity contribution in [1.82, 2.24) is 9.36 Å². The van der Waals surface area contributed by atoms with E-state index in [9.17, 15) is 13.2 Å². The number of anilines is 1. The third-order valence-corrected chi connectivity index (χ3v) is 3.79. The minimum atomic E-state index is -4.46. The molecule has 8 heteroatoms. The Morgan fingerprint density at radius 1 is 1.39 bits per heavy atom. The smallest absolute Gasteiger partial charge is 0.344 e. The fourth-order valence-corrected chi connectivity index (χ4v) is 2.63. The summed E-state index contributed by atoms with van der Waals surface area (Å²) in [6, 6.07) is 0.297. The van der Waals surface area contributed by atoms with E-state index in [1.54, 1.807) is 0 Å². The van der Waals surface area contributed by atoms with Gasteiger partial charge in [0.15, 0.2) is 0 Å². The fraction of sp³-hybridized carbons (Fsp3) is 0.800. The molecule has 1 fully saturated rings. The average Bonchev–Trinajstić information content (AvgIpc) is 2.69. The number of aromatic nitrogens is 2. The van der Waals surface area contributed by atoms with E-state index in [4.69, 9.17) is 5.73 Å². The molecule has 0 aliphatic heterocycles. The molecule has 1 aromatic rings. The lowest BCUT2D eigenvalue weighted by Crippen LogP contribution is -2.41. The SMILES string of the molecule is NCCCN(c1nc(C(F)(F)F)ns1)C1CCC1. The van der Waals surface area contributed by atoms with E-state index in [-0.39, 0.29) is 0 Å². The van der Waals surface area contributed by atoms with Crippen LogP contribution in [-0.2, 0) is 6.18 Å². The number of hydrogen-bond donors (Lipinski definition) is 1. The average molecular weight is 280 g/mol. The lowest BCUT2D eigenvalue weighted by molar-refractivity contribution is -0.144. The van der Waals surface area contributed by atoms with Crippen molar-refractivity contribution in [2.24, 2.45) is 5.73 Å². The minimum absolute atomic E-state index is 0.297. The van der Waals surface area contributed by atoms with Crippen LogP contribution in [0.1, 0.15) is 31.5 Å². The molecule has 1 saturated carbocycles. The third-order valence-electron chi connectivity index (χ3n) is 3.03. The van der Waals surface area contributed by atoms with Crippen molar-refractivity contribution in [2.75, 3.05) is 18.0 Å². The Balaban J connectivity index is 2.11. The molecule has 2 N–H and O–H groups in total. The van der Waals surface area contributed by atoms with Gasteiger partial charge in [0.2, 0.25) is 11.0 Å². The summed E-state index contributed by atoms with van der Waals surface area (Å²) in [5.74, 6) is -1.04. The summed E-state index contributed by atoms with van der Waals surface area (Å²) in [5, 5.41) is 0.362. The number of nitrogens with two attached hydrogens (primary N) is 1. The molecule has 0 aromatic carbocycles. The van der Waals surface area contributed by atoms with Gasteiger partial charge in [0.05, 0.1) is 0 Å². The van der Waals surface area contributed by atoms with Crippen LogP contribution in [0, 0.1) is 0 Å². The Labute approximate surface area is 107 Å². The molecule has 1 aliphatic rings. The van der Waals surface area contributed by atoms with Gasteiger partial charge >= 0.3 is 6.18 Å². The van der Waals surface area contributed by atoms with Gasteiger partial charge in [0, 0.05) is 24.1 Å². The fourth-order valence-electron chi connectivity index (χ4n) is 1.84. The summed E-state index contributed by atoms with van der Waals surface area (Å²) in [7, 11) is 0. The van der Waals surface area contributed by atoms with Crippen molar-refractivity contribution < 1.29 is 13.2 Å². The molecule has 18 heavy (non-hydrogen) atoms. The lowest BCUT2D eigenvalue weighted by atomic mass is 9.92. The van der Waals surface area contributed by atoms with Crippen LogP contribution < -0.4 is 10.6 Å². The summed E-state index contributed by atoms with van der Waals surface area (Å²) < 4.78 is 40.8. The molecular weight excluding hydrogens is 265 g/mol. The molecule has 2 rings (SSSR count). The zero-order valence-electron chi connectivity index (χ0n) is 9.78. The van der Waals surface area contributed by atoms with E-state index in [2.05, 4.69) is 9.36 Å². The zero-order chi connectivity index (χ0) is 13.2. The Morgan fingerprint density at radius 2 is 2.11 bits per heavy atom. The maximum absolute atomic E-state index is 12.5.